The van der Waals surface area contributed by atoms with E-state index in [2.05, 4.69) is 24.4 Å². The lowest BCUT2D eigenvalue weighted by molar-refractivity contribution is 0.230. The van der Waals surface area contributed by atoms with Crippen molar-refractivity contribution in [2.24, 2.45) is 0 Å². The van der Waals surface area contributed by atoms with E-state index in [1.165, 1.54) is 0 Å². The molecule has 0 spiro atoms. The van der Waals surface area contributed by atoms with Gasteiger partial charge in [-0.25, -0.2) is 0 Å². The molecular weight excluding hydrogens is 250 g/mol. The van der Waals surface area contributed by atoms with Crippen molar-refractivity contribution < 1.29 is 9.84 Å². The van der Waals surface area contributed by atoms with Crippen LogP contribution in [0.25, 0.3) is 0 Å². The number of hydrogen-bond acceptors (Lipinski definition) is 3. The molecule has 2 N–H and O–H groups in total. The normalized spacial score (nSPS) is 15.1. The summed E-state index contributed by atoms with van der Waals surface area (Å²) in [6.07, 6.45) is 0.887. The fourth-order valence-corrected chi connectivity index (χ4v) is 2.62. The van der Waals surface area contributed by atoms with Crippen molar-refractivity contribution in [1.82, 2.24) is 5.32 Å². The van der Waals surface area contributed by atoms with Crippen LogP contribution in [0.4, 0.5) is 0 Å². The Morgan fingerprint density at radius 2 is 1.60 bits per heavy atom. The summed E-state index contributed by atoms with van der Waals surface area (Å²) in [6.45, 7) is 2.21. The molecule has 2 aromatic rings. The Morgan fingerprint density at radius 3 is 2.10 bits per heavy atom. The third kappa shape index (κ3) is 2.30. The molecule has 1 atom stereocenters. The molecule has 0 saturated heterocycles. The number of fused-ring (bicyclic) bond motifs is 2. The minimum Gasteiger partial charge on any atom is -0.457 e. The first-order chi connectivity index (χ1) is 9.83. The zero-order valence-electron chi connectivity index (χ0n) is 11.5. The van der Waals surface area contributed by atoms with Crippen LogP contribution in [0, 0.1) is 0 Å². The Hall–Kier alpha value is -1.84. The van der Waals surface area contributed by atoms with Crippen LogP contribution in [0.15, 0.2) is 48.5 Å². The predicted octanol–water partition coefficient (Wildman–Crippen LogP) is 3.24. The van der Waals surface area contributed by atoms with Gasteiger partial charge < -0.3 is 15.2 Å². The van der Waals surface area contributed by atoms with E-state index in [1.54, 1.807) is 0 Å². The molecule has 0 saturated carbocycles. The molecule has 1 heterocycles. The molecule has 0 fully saturated rings. The van der Waals surface area contributed by atoms with Gasteiger partial charge in [0, 0.05) is 17.2 Å². The maximum atomic E-state index is 9.46. The van der Waals surface area contributed by atoms with Crippen LogP contribution in [0.2, 0.25) is 0 Å². The van der Waals surface area contributed by atoms with Crippen LogP contribution in [0.1, 0.15) is 30.5 Å². The molecule has 0 aromatic heterocycles. The van der Waals surface area contributed by atoms with Crippen LogP contribution in [0.5, 0.6) is 11.5 Å². The smallest absolute Gasteiger partial charge is 0.132 e. The summed E-state index contributed by atoms with van der Waals surface area (Å²) in [5.74, 6) is 1.77. The van der Waals surface area contributed by atoms with Crippen LogP contribution in [-0.2, 0) is 0 Å². The van der Waals surface area contributed by atoms with E-state index < -0.39 is 0 Å². The van der Waals surface area contributed by atoms with Gasteiger partial charge in [-0.1, -0.05) is 43.3 Å². The summed E-state index contributed by atoms with van der Waals surface area (Å²) in [4.78, 5) is 0. The first-order valence-electron chi connectivity index (χ1n) is 7.06. The second kappa shape index (κ2) is 5.65. The van der Waals surface area contributed by atoms with Gasteiger partial charge in [0.1, 0.15) is 11.5 Å². The average Bonchev–Trinajstić information content (AvgIpc) is 2.51. The molecule has 3 heteroatoms. The van der Waals surface area contributed by atoms with E-state index in [0.29, 0.717) is 0 Å². The van der Waals surface area contributed by atoms with E-state index >= 15 is 0 Å². The topological polar surface area (TPSA) is 41.5 Å². The number of ether oxygens (including phenoxy) is 1. The van der Waals surface area contributed by atoms with Crippen LogP contribution >= 0.6 is 0 Å². The monoisotopic (exact) mass is 269 g/mol. The highest BCUT2D eigenvalue weighted by Crippen LogP contribution is 2.42. The molecule has 1 aliphatic heterocycles. The van der Waals surface area contributed by atoms with Gasteiger partial charge in [0.15, 0.2) is 0 Å². The maximum Gasteiger partial charge on any atom is 0.132 e. The fourth-order valence-electron chi connectivity index (χ4n) is 2.62. The van der Waals surface area contributed by atoms with Gasteiger partial charge >= 0.3 is 0 Å². The van der Waals surface area contributed by atoms with E-state index in [1.807, 2.05) is 36.4 Å². The molecule has 0 aliphatic carbocycles. The summed E-state index contributed by atoms with van der Waals surface area (Å²) < 4.78 is 5.95. The highest BCUT2D eigenvalue weighted by Gasteiger charge is 2.27. The zero-order chi connectivity index (χ0) is 13.9. The van der Waals surface area contributed by atoms with Crippen molar-refractivity contribution in [2.45, 2.75) is 25.4 Å². The third-order valence-electron chi connectivity index (χ3n) is 3.80. The molecule has 20 heavy (non-hydrogen) atoms. The molecule has 2 aromatic carbocycles. The van der Waals surface area contributed by atoms with Gasteiger partial charge in [0.05, 0.1) is 12.6 Å². The minimum atomic E-state index is 0.0632. The number of para-hydroxylation sites is 2. The lowest BCUT2D eigenvalue weighted by Gasteiger charge is -2.31. The van der Waals surface area contributed by atoms with Gasteiger partial charge in [-0.05, 0) is 18.6 Å². The van der Waals surface area contributed by atoms with Gasteiger partial charge in [-0.3, -0.25) is 0 Å². The van der Waals surface area contributed by atoms with Gasteiger partial charge in [0.2, 0.25) is 0 Å². The molecular formula is C17H19NO2. The van der Waals surface area contributed by atoms with Crippen molar-refractivity contribution in [3.8, 4) is 11.5 Å². The van der Waals surface area contributed by atoms with Crippen LogP contribution in [-0.4, -0.2) is 17.8 Å². The zero-order valence-corrected chi connectivity index (χ0v) is 11.5. The molecule has 3 rings (SSSR count). The summed E-state index contributed by atoms with van der Waals surface area (Å²) in [6, 6.07) is 16.3. The summed E-state index contributed by atoms with van der Waals surface area (Å²) >= 11 is 0. The van der Waals surface area contributed by atoms with Gasteiger partial charge in [-0.15, -0.1) is 0 Å². The fraction of sp³-hybridized carbons (Fsp3) is 0.294. The summed E-state index contributed by atoms with van der Waals surface area (Å²) in [7, 11) is 0. The molecule has 3 nitrogen and oxygen atoms in total. The van der Waals surface area contributed by atoms with E-state index in [9.17, 15) is 5.11 Å². The summed E-state index contributed by atoms with van der Waals surface area (Å²) in [5, 5.41) is 13.0. The lowest BCUT2D eigenvalue weighted by Crippen LogP contribution is -2.36. The van der Waals surface area contributed by atoms with Crippen molar-refractivity contribution in [3.05, 3.63) is 59.7 Å². The van der Waals surface area contributed by atoms with Gasteiger partial charge in [0.25, 0.3) is 0 Å². The Labute approximate surface area is 119 Å². The number of nitrogens with one attached hydrogen (secondary N) is 1. The first kappa shape index (κ1) is 13.2. The van der Waals surface area contributed by atoms with E-state index in [-0.39, 0.29) is 18.7 Å². The molecule has 0 unspecified atom stereocenters. The molecule has 1 aliphatic rings. The Bertz CT molecular complexity index is 548. The molecule has 0 amide bonds. The number of hydrogen-bond donors (Lipinski definition) is 2. The maximum absolute atomic E-state index is 9.46. The lowest BCUT2D eigenvalue weighted by atomic mass is 9.93. The number of rotatable bonds is 4. The average molecular weight is 269 g/mol. The van der Waals surface area contributed by atoms with E-state index in [0.717, 1.165) is 29.0 Å². The molecule has 0 bridgehead atoms. The van der Waals surface area contributed by atoms with Crippen molar-refractivity contribution in [2.75, 3.05) is 6.61 Å². The predicted molar refractivity (Wildman–Crippen MR) is 79.1 cm³/mol. The number of aliphatic hydroxyl groups is 1. The molecule has 104 valence electrons. The Morgan fingerprint density at radius 1 is 1.05 bits per heavy atom. The van der Waals surface area contributed by atoms with Crippen molar-refractivity contribution >= 4 is 0 Å². The Balaban J connectivity index is 2.03. The first-order valence-corrected chi connectivity index (χ1v) is 7.06. The highest BCUT2D eigenvalue weighted by atomic mass is 16.5. The minimum absolute atomic E-state index is 0.0632. The SMILES string of the molecule is CC[C@@H](CO)NC1c2ccccc2Oc2ccccc21. The molecule has 0 radical (unpaired) electrons. The Kier molecular flexibility index (Phi) is 3.72. The quantitative estimate of drug-likeness (QED) is 0.895. The van der Waals surface area contributed by atoms with Crippen LogP contribution in [0.3, 0.4) is 0 Å². The largest absolute Gasteiger partial charge is 0.457 e. The third-order valence-corrected chi connectivity index (χ3v) is 3.80. The van der Waals surface area contributed by atoms with Crippen molar-refractivity contribution in [3.63, 3.8) is 0 Å². The summed E-state index contributed by atoms with van der Waals surface area (Å²) in [5.41, 5.74) is 2.25. The van der Waals surface area contributed by atoms with E-state index in [4.69, 9.17) is 4.74 Å². The number of aliphatic hydroxyl groups excluding tert-OH is 1. The second-order valence-electron chi connectivity index (χ2n) is 5.07. The van der Waals surface area contributed by atoms with Crippen molar-refractivity contribution in [1.29, 1.82) is 0 Å². The highest BCUT2D eigenvalue weighted by molar-refractivity contribution is 5.52. The second-order valence-corrected chi connectivity index (χ2v) is 5.07. The van der Waals surface area contributed by atoms with Crippen LogP contribution < -0.4 is 10.1 Å². The van der Waals surface area contributed by atoms with Gasteiger partial charge in [-0.2, -0.15) is 0 Å². The standard InChI is InChI=1S/C17H19NO2/c1-2-12(11-19)18-17-13-7-3-5-9-15(13)20-16-10-6-4-8-14(16)17/h3-10,12,17-19H,2,11H2,1H3/t12-/m0/s1. The number of benzene rings is 2.